The van der Waals surface area contributed by atoms with Gasteiger partial charge in [0.05, 0.1) is 0 Å². The summed E-state index contributed by atoms with van der Waals surface area (Å²) in [6.45, 7) is 0.856. The molecule has 35 heavy (non-hydrogen) atoms. The molecule has 0 saturated heterocycles. The van der Waals surface area contributed by atoms with Crippen molar-refractivity contribution >= 4 is 48.8 Å². The molecule has 1 nitrogen and oxygen atoms in total. The van der Waals surface area contributed by atoms with Gasteiger partial charge in [0.2, 0.25) is 0 Å². The third-order valence-corrected chi connectivity index (χ3v) is 11.8. The van der Waals surface area contributed by atoms with E-state index in [-0.39, 0.29) is 0 Å². The molecule has 6 rings (SSSR count). The molecular formula is C33H31OSe. The van der Waals surface area contributed by atoms with E-state index in [1.165, 1.54) is 67.0 Å². The monoisotopic (exact) mass is 523 g/mol. The quantitative estimate of drug-likeness (QED) is 0.232. The fraction of sp³-hybridized carbons (Fsp3) is 0.212. The van der Waals surface area contributed by atoms with Crippen LogP contribution in [0, 0.1) is 5.92 Å². The Morgan fingerprint density at radius 2 is 1.06 bits per heavy atom. The summed E-state index contributed by atoms with van der Waals surface area (Å²) in [7, 11) is 0. The van der Waals surface area contributed by atoms with Crippen LogP contribution in [0.5, 0.6) is 5.75 Å². The van der Waals surface area contributed by atoms with Gasteiger partial charge in [-0.25, -0.2) is 0 Å². The van der Waals surface area contributed by atoms with Crippen molar-refractivity contribution in [3.05, 3.63) is 109 Å². The molecule has 0 unspecified atom stereocenters. The maximum absolute atomic E-state index is 6.22. The summed E-state index contributed by atoms with van der Waals surface area (Å²) in [4.78, 5) is 0. The summed E-state index contributed by atoms with van der Waals surface area (Å²) in [5.74, 6) is 1.72. The normalized spacial score (nSPS) is 14.5. The first-order valence-electron chi connectivity index (χ1n) is 12.8. The van der Waals surface area contributed by atoms with Gasteiger partial charge in [-0.2, -0.15) is 0 Å². The molecule has 0 atom stereocenters. The molecule has 0 aliphatic heterocycles. The number of hydrogen-bond donors (Lipinski definition) is 0. The van der Waals surface area contributed by atoms with Gasteiger partial charge in [0.1, 0.15) is 0 Å². The molecule has 5 aromatic rings. The second kappa shape index (κ2) is 10.3. The van der Waals surface area contributed by atoms with Crippen molar-refractivity contribution in [1.82, 2.24) is 0 Å². The molecule has 1 aliphatic rings. The SMILES string of the molecule is c1ccc2cc([Se](c3ccc(OCC4CCCCC4)cc3)c3ccc4ccccc4c3)ccc2c1. The molecule has 0 N–H and O–H groups in total. The molecule has 5 aromatic carbocycles. The molecule has 0 spiro atoms. The summed E-state index contributed by atoms with van der Waals surface area (Å²) < 4.78 is 10.5. The molecule has 0 aromatic heterocycles. The molecule has 175 valence electrons. The van der Waals surface area contributed by atoms with Crippen LogP contribution in [0.1, 0.15) is 32.1 Å². The first-order chi connectivity index (χ1) is 17.3. The van der Waals surface area contributed by atoms with Crippen LogP contribution in [0.25, 0.3) is 21.5 Å². The first-order valence-corrected chi connectivity index (χ1v) is 15.4. The van der Waals surface area contributed by atoms with E-state index in [9.17, 15) is 0 Å². The predicted octanol–water partition coefficient (Wildman–Crippen LogP) is 6.47. The summed E-state index contributed by atoms with van der Waals surface area (Å²) in [6.07, 6.45) is 6.74. The number of fused-ring (bicyclic) bond motifs is 2. The average molecular weight is 523 g/mol. The van der Waals surface area contributed by atoms with E-state index in [4.69, 9.17) is 4.74 Å². The number of benzene rings is 5. The summed E-state index contributed by atoms with van der Waals surface area (Å²) in [5.41, 5.74) is 0. The molecule has 1 saturated carbocycles. The standard InChI is InChI=1S/C33H31OSe/c1-2-8-25(9-3-1)24-34-30-16-20-31(21-17-30)35(32-18-14-26-10-4-6-12-28(26)22-32)33-19-15-27-11-5-7-13-29(27)23-33/h4-7,10-23,25H,1-3,8-9,24H2. The Labute approximate surface area is 212 Å². The zero-order valence-corrected chi connectivity index (χ0v) is 21.7. The van der Waals surface area contributed by atoms with Gasteiger partial charge in [0, 0.05) is 0 Å². The third kappa shape index (κ3) is 5.01. The van der Waals surface area contributed by atoms with Gasteiger partial charge in [-0.1, -0.05) is 0 Å². The zero-order chi connectivity index (χ0) is 23.5. The van der Waals surface area contributed by atoms with E-state index in [1.54, 1.807) is 0 Å². The Kier molecular flexibility index (Phi) is 6.58. The van der Waals surface area contributed by atoms with Crippen molar-refractivity contribution in [1.29, 1.82) is 0 Å². The number of hydrogen-bond acceptors (Lipinski definition) is 1. The molecule has 1 fully saturated rings. The van der Waals surface area contributed by atoms with Crippen LogP contribution in [0.4, 0.5) is 0 Å². The number of rotatable bonds is 6. The van der Waals surface area contributed by atoms with E-state index in [1.807, 2.05) is 0 Å². The van der Waals surface area contributed by atoms with E-state index in [0.29, 0.717) is 0 Å². The third-order valence-electron chi connectivity index (χ3n) is 7.18. The topological polar surface area (TPSA) is 9.23 Å². The van der Waals surface area contributed by atoms with Crippen LogP contribution in [0.3, 0.4) is 0 Å². The van der Waals surface area contributed by atoms with Crippen molar-refractivity contribution in [2.24, 2.45) is 5.92 Å². The van der Waals surface area contributed by atoms with Gasteiger partial charge in [0.25, 0.3) is 0 Å². The molecule has 1 aliphatic carbocycles. The molecule has 0 amide bonds. The van der Waals surface area contributed by atoms with Gasteiger partial charge < -0.3 is 0 Å². The predicted molar refractivity (Wildman–Crippen MR) is 151 cm³/mol. The van der Waals surface area contributed by atoms with E-state index >= 15 is 0 Å². The van der Waals surface area contributed by atoms with Crippen molar-refractivity contribution in [3.63, 3.8) is 0 Å². The molecular weight excluding hydrogens is 491 g/mol. The fourth-order valence-electron chi connectivity index (χ4n) is 5.24. The van der Waals surface area contributed by atoms with Crippen molar-refractivity contribution in [2.75, 3.05) is 6.61 Å². The fourth-order valence-corrected chi connectivity index (χ4v) is 9.69. The molecule has 0 heterocycles. The van der Waals surface area contributed by atoms with E-state index in [2.05, 4.69) is 109 Å². The first kappa shape index (κ1) is 22.4. The Morgan fingerprint density at radius 1 is 0.543 bits per heavy atom. The second-order valence-electron chi connectivity index (χ2n) is 9.61. The van der Waals surface area contributed by atoms with Crippen LogP contribution in [0.15, 0.2) is 109 Å². The zero-order valence-electron chi connectivity index (χ0n) is 20.0. The minimum atomic E-state index is -1.47. The van der Waals surface area contributed by atoms with Crippen LogP contribution < -0.4 is 18.1 Å². The van der Waals surface area contributed by atoms with Crippen molar-refractivity contribution < 1.29 is 4.74 Å². The average Bonchev–Trinajstić information content (AvgIpc) is 2.93. The van der Waals surface area contributed by atoms with Gasteiger partial charge >= 0.3 is 213 Å². The Balaban J connectivity index is 1.35. The summed E-state index contributed by atoms with van der Waals surface area (Å²) in [5, 5.41) is 5.22. The van der Waals surface area contributed by atoms with Gasteiger partial charge in [-0.15, -0.1) is 0 Å². The Morgan fingerprint density at radius 3 is 1.63 bits per heavy atom. The van der Waals surface area contributed by atoms with Crippen molar-refractivity contribution in [3.8, 4) is 5.75 Å². The van der Waals surface area contributed by atoms with Crippen LogP contribution in [-0.2, 0) is 0 Å². The summed E-state index contributed by atoms with van der Waals surface area (Å²) in [6, 6.07) is 40.4. The molecule has 2 heteroatoms. The van der Waals surface area contributed by atoms with Gasteiger partial charge in [-0.05, 0) is 0 Å². The van der Waals surface area contributed by atoms with E-state index < -0.39 is 13.9 Å². The van der Waals surface area contributed by atoms with E-state index in [0.717, 1.165) is 18.3 Å². The van der Waals surface area contributed by atoms with Crippen molar-refractivity contribution in [2.45, 2.75) is 32.1 Å². The van der Waals surface area contributed by atoms with Gasteiger partial charge in [-0.3, -0.25) is 0 Å². The number of ether oxygens (including phenoxy) is 1. The van der Waals surface area contributed by atoms with Gasteiger partial charge in [0.15, 0.2) is 0 Å². The molecule has 0 bridgehead atoms. The maximum atomic E-state index is 6.22. The summed E-state index contributed by atoms with van der Waals surface area (Å²) >= 11 is -1.47. The second-order valence-corrected chi connectivity index (χ2v) is 13.9. The van der Waals surface area contributed by atoms with Crippen LogP contribution in [-0.4, -0.2) is 20.5 Å². The van der Waals surface area contributed by atoms with Crippen LogP contribution >= 0.6 is 0 Å². The molecule has 1 radical (unpaired) electrons. The Bertz CT molecular complexity index is 1350. The minimum absolute atomic E-state index is 0.722. The van der Waals surface area contributed by atoms with Crippen LogP contribution in [0.2, 0.25) is 0 Å². The Hall–Kier alpha value is -3.06.